The molecule has 0 saturated carbocycles. The van der Waals surface area contributed by atoms with E-state index in [-0.39, 0.29) is 0 Å². The van der Waals surface area contributed by atoms with Crippen LogP contribution in [0.3, 0.4) is 0 Å². The topological polar surface area (TPSA) is 4.93 Å². The first-order chi connectivity index (χ1) is 13.3. The summed E-state index contributed by atoms with van der Waals surface area (Å²) < 4.78 is 3.89. The van der Waals surface area contributed by atoms with Gasteiger partial charge in [0.1, 0.15) is 0 Å². The molecular weight excluding hydrogens is 346 g/mol. The first-order valence-electron chi connectivity index (χ1n) is 9.52. The summed E-state index contributed by atoms with van der Waals surface area (Å²) in [5.41, 5.74) is 7.01. The summed E-state index contributed by atoms with van der Waals surface area (Å²) in [5.74, 6) is 0.484. The van der Waals surface area contributed by atoms with E-state index in [4.69, 9.17) is 0 Å². The summed E-state index contributed by atoms with van der Waals surface area (Å²) in [7, 11) is 0. The summed E-state index contributed by atoms with van der Waals surface area (Å²) in [6, 6.07) is 28.6. The molecule has 27 heavy (non-hydrogen) atoms. The molecule has 1 nitrogen and oxygen atoms in total. The molecule has 1 atom stereocenters. The number of thiophene rings is 1. The van der Waals surface area contributed by atoms with Crippen LogP contribution in [0.4, 0.5) is 0 Å². The lowest BCUT2D eigenvalue weighted by Crippen LogP contribution is -2.11. The van der Waals surface area contributed by atoms with Crippen LogP contribution in [0.15, 0.2) is 78.9 Å². The zero-order chi connectivity index (χ0) is 18.0. The highest BCUT2D eigenvalue weighted by Crippen LogP contribution is 2.51. The number of rotatable bonds is 1. The molecule has 3 aromatic carbocycles. The Bertz CT molecular complexity index is 1310. The van der Waals surface area contributed by atoms with Crippen LogP contribution in [-0.2, 0) is 6.42 Å². The average molecular weight is 366 g/mol. The summed E-state index contributed by atoms with van der Waals surface area (Å²) in [6.45, 7) is 2.38. The molecule has 5 aromatic rings. The lowest BCUT2D eigenvalue weighted by molar-refractivity contribution is 0.712. The van der Waals surface area contributed by atoms with Gasteiger partial charge in [0.05, 0.1) is 5.52 Å². The highest BCUT2D eigenvalue weighted by molar-refractivity contribution is 7.22. The smallest absolute Gasteiger partial charge is 0.0538 e. The van der Waals surface area contributed by atoms with Gasteiger partial charge in [0.25, 0.3) is 0 Å². The molecule has 130 valence electrons. The van der Waals surface area contributed by atoms with Gasteiger partial charge in [-0.1, -0.05) is 61.5 Å². The van der Waals surface area contributed by atoms with Gasteiger partial charge in [-0.2, -0.15) is 0 Å². The molecule has 1 aliphatic carbocycles. The van der Waals surface area contributed by atoms with E-state index in [0.717, 1.165) is 6.42 Å². The third-order valence-electron chi connectivity index (χ3n) is 5.83. The van der Waals surface area contributed by atoms with Crippen molar-refractivity contribution < 1.29 is 0 Å². The van der Waals surface area contributed by atoms with Gasteiger partial charge in [-0.3, -0.25) is 0 Å². The van der Waals surface area contributed by atoms with Crippen molar-refractivity contribution in [1.29, 1.82) is 0 Å². The highest BCUT2D eigenvalue weighted by atomic mass is 32.1. The number of para-hydroxylation sites is 2. The number of nitrogens with zero attached hydrogens (tertiary/aromatic N) is 1. The molecule has 1 unspecified atom stereocenters. The minimum Gasteiger partial charge on any atom is -0.313 e. The minimum absolute atomic E-state index is 0.484. The Balaban J connectivity index is 1.79. The van der Waals surface area contributed by atoms with Crippen LogP contribution in [0.1, 0.15) is 24.1 Å². The summed E-state index contributed by atoms with van der Waals surface area (Å²) >= 11 is 1.95. The van der Waals surface area contributed by atoms with Gasteiger partial charge in [0, 0.05) is 37.8 Å². The third kappa shape index (κ3) is 2.05. The largest absolute Gasteiger partial charge is 0.313 e. The Labute approximate surface area is 162 Å². The normalized spacial score (nSPS) is 15.8. The molecule has 0 spiro atoms. The van der Waals surface area contributed by atoms with Gasteiger partial charge in [0.15, 0.2) is 0 Å². The number of hydrogen-bond acceptors (Lipinski definition) is 1. The van der Waals surface area contributed by atoms with Crippen LogP contribution in [0.25, 0.3) is 37.1 Å². The van der Waals surface area contributed by atoms with Gasteiger partial charge < -0.3 is 4.57 Å². The van der Waals surface area contributed by atoms with Crippen molar-refractivity contribution in [1.82, 2.24) is 4.57 Å². The molecule has 0 fully saturated rings. The van der Waals surface area contributed by atoms with Gasteiger partial charge in [-0.05, 0) is 41.6 Å². The fourth-order valence-electron chi connectivity index (χ4n) is 4.73. The molecule has 0 aliphatic heterocycles. The van der Waals surface area contributed by atoms with Gasteiger partial charge in [-0.25, -0.2) is 0 Å². The Morgan fingerprint density at radius 3 is 2.37 bits per heavy atom. The molecule has 0 bridgehead atoms. The Morgan fingerprint density at radius 1 is 0.815 bits per heavy atom. The summed E-state index contributed by atoms with van der Waals surface area (Å²) in [6.07, 6.45) is 1.11. The van der Waals surface area contributed by atoms with Crippen molar-refractivity contribution in [2.24, 2.45) is 0 Å². The van der Waals surface area contributed by atoms with Crippen LogP contribution < -0.4 is 0 Å². The summed E-state index contributed by atoms with van der Waals surface area (Å²) in [5, 5.41) is 2.81. The van der Waals surface area contributed by atoms with Crippen molar-refractivity contribution in [3.05, 3.63) is 90.1 Å². The van der Waals surface area contributed by atoms with Crippen molar-refractivity contribution >= 4 is 32.3 Å². The predicted molar refractivity (Wildman–Crippen MR) is 116 cm³/mol. The molecule has 0 N–H and O–H groups in total. The standard InChI is InChI=1S/C25H19NS/c1-16-15-20-18-11-6-8-14-22(18)27-25(20)23-19-12-5-7-13-21(19)26(24(16)23)17-9-3-2-4-10-17/h2-14,16H,15H2,1H3. The van der Waals surface area contributed by atoms with Crippen molar-refractivity contribution in [3.8, 4) is 16.1 Å². The minimum atomic E-state index is 0.484. The maximum Gasteiger partial charge on any atom is 0.0538 e. The lowest BCUT2D eigenvalue weighted by Gasteiger charge is -2.23. The van der Waals surface area contributed by atoms with Crippen LogP contribution >= 0.6 is 11.3 Å². The Hall–Kier alpha value is -2.84. The van der Waals surface area contributed by atoms with Gasteiger partial charge in [0.2, 0.25) is 0 Å². The van der Waals surface area contributed by atoms with E-state index in [1.165, 1.54) is 48.4 Å². The number of aromatic nitrogens is 1. The zero-order valence-corrected chi connectivity index (χ0v) is 16.0. The molecular formula is C25H19NS. The van der Waals surface area contributed by atoms with E-state index in [1.807, 2.05) is 11.3 Å². The van der Waals surface area contributed by atoms with E-state index in [1.54, 1.807) is 0 Å². The number of fused-ring (bicyclic) bond motifs is 7. The lowest BCUT2D eigenvalue weighted by atomic mass is 9.86. The van der Waals surface area contributed by atoms with Crippen LogP contribution in [0.2, 0.25) is 0 Å². The third-order valence-corrected chi connectivity index (χ3v) is 7.06. The molecule has 6 rings (SSSR count). The molecule has 2 heterocycles. The van der Waals surface area contributed by atoms with Crippen molar-refractivity contribution in [2.45, 2.75) is 19.3 Å². The fraction of sp³-hybridized carbons (Fsp3) is 0.120. The van der Waals surface area contributed by atoms with Crippen molar-refractivity contribution in [2.75, 3.05) is 0 Å². The maximum atomic E-state index is 2.49. The van der Waals surface area contributed by atoms with Crippen LogP contribution in [0.5, 0.6) is 0 Å². The molecule has 0 radical (unpaired) electrons. The first kappa shape index (κ1) is 15.2. The second-order valence-electron chi connectivity index (χ2n) is 7.46. The first-order valence-corrected chi connectivity index (χ1v) is 10.3. The number of hydrogen-bond donors (Lipinski definition) is 0. The summed E-state index contributed by atoms with van der Waals surface area (Å²) in [4.78, 5) is 1.47. The highest BCUT2D eigenvalue weighted by Gasteiger charge is 2.31. The van der Waals surface area contributed by atoms with Crippen molar-refractivity contribution in [3.63, 3.8) is 0 Å². The monoisotopic (exact) mass is 365 g/mol. The van der Waals surface area contributed by atoms with Gasteiger partial charge >= 0.3 is 0 Å². The van der Waals surface area contributed by atoms with E-state index < -0.39 is 0 Å². The zero-order valence-electron chi connectivity index (χ0n) is 15.1. The second-order valence-corrected chi connectivity index (χ2v) is 8.51. The van der Waals surface area contributed by atoms with E-state index in [2.05, 4.69) is 90.4 Å². The number of benzene rings is 3. The predicted octanol–water partition coefficient (Wildman–Crippen LogP) is 7.17. The Kier molecular flexibility index (Phi) is 3.15. The maximum absolute atomic E-state index is 2.49. The van der Waals surface area contributed by atoms with E-state index >= 15 is 0 Å². The second kappa shape index (κ2) is 5.58. The fourth-order valence-corrected chi connectivity index (χ4v) is 6.03. The average Bonchev–Trinajstić information content (AvgIpc) is 3.25. The molecule has 2 heteroatoms. The molecule has 1 aliphatic rings. The molecule has 0 saturated heterocycles. The van der Waals surface area contributed by atoms with E-state index in [0.29, 0.717) is 5.92 Å². The SMILES string of the molecule is CC1Cc2c(sc3ccccc23)-c2c1n(-c1ccccc1)c1ccccc21. The van der Waals surface area contributed by atoms with E-state index in [9.17, 15) is 0 Å². The molecule has 2 aromatic heterocycles. The Morgan fingerprint density at radius 2 is 1.52 bits per heavy atom. The van der Waals surface area contributed by atoms with Gasteiger partial charge in [-0.15, -0.1) is 11.3 Å². The van der Waals surface area contributed by atoms with Crippen LogP contribution in [-0.4, -0.2) is 4.57 Å². The quantitative estimate of drug-likeness (QED) is 0.297. The molecule has 0 amide bonds. The van der Waals surface area contributed by atoms with Crippen LogP contribution in [0, 0.1) is 0 Å².